The van der Waals surface area contributed by atoms with Gasteiger partial charge in [-0.05, 0) is 65.6 Å². The molecule has 0 saturated carbocycles. The molecule has 0 fully saturated rings. The van der Waals surface area contributed by atoms with E-state index in [2.05, 4.69) is 46.3 Å². The summed E-state index contributed by atoms with van der Waals surface area (Å²) in [6.07, 6.45) is 0. The number of nitrogens with one attached hydrogen (secondary N) is 1. The summed E-state index contributed by atoms with van der Waals surface area (Å²) < 4.78 is 18.5. The second-order valence-electron chi connectivity index (χ2n) is 9.11. The van der Waals surface area contributed by atoms with Crippen LogP contribution in [-0.4, -0.2) is 30.9 Å². The van der Waals surface area contributed by atoms with E-state index in [9.17, 15) is 0 Å². The lowest BCUT2D eigenvalue weighted by Crippen LogP contribution is -2.07. The maximum Gasteiger partial charge on any atom is 0.208 e. The first kappa shape index (κ1) is 25.5. The number of anilines is 2. The fourth-order valence-electron chi connectivity index (χ4n) is 4.93. The number of rotatable bonds is 8. The lowest BCUT2D eigenvalue weighted by Gasteiger charge is -2.21. The number of benzene rings is 4. The van der Waals surface area contributed by atoms with Gasteiger partial charge in [-0.25, -0.2) is 4.98 Å². The van der Waals surface area contributed by atoms with Gasteiger partial charge in [0.25, 0.3) is 0 Å². The number of para-hydroxylation sites is 1. The van der Waals surface area contributed by atoms with Crippen molar-refractivity contribution in [3.8, 4) is 17.2 Å². The number of halogens is 1. The Hall–Kier alpha value is -4.16. The summed E-state index contributed by atoms with van der Waals surface area (Å²) in [4.78, 5) is 4.95. The molecule has 0 unspecified atom stereocenters. The Morgan fingerprint density at radius 2 is 1.42 bits per heavy atom. The lowest BCUT2D eigenvalue weighted by molar-refractivity contribution is 0.414. The molecule has 5 aromatic rings. The Morgan fingerprint density at radius 1 is 0.816 bits per heavy atom. The van der Waals surface area contributed by atoms with Crippen LogP contribution in [0.5, 0.6) is 17.2 Å². The minimum atomic E-state index is -0.0365. The molecule has 5 rings (SSSR count). The Labute approximate surface area is 227 Å². The second-order valence-corrected chi connectivity index (χ2v) is 9.55. The molecule has 0 radical (unpaired) electrons. The van der Waals surface area contributed by atoms with Gasteiger partial charge < -0.3 is 24.1 Å². The normalized spacial score (nSPS) is 11.1. The summed E-state index contributed by atoms with van der Waals surface area (Å²) >= 11 is 6.27. The van der Waals surface area contributed by atoms with Crippen molar-refractivity contribution in [3.05, 3.63) is 106 Å². The highest BCUT2D eigenvalue weighted by Crippen LogP contribution is 2.39. The van der Waals surface area contributed by atoms with Crippen LogP contribution in [0.1, 0.15) is 28.2 Å². The maximum atomic E-state index is 6.27. The second kappa shape index (κ2) is 10.7. The van der Waals surface area contributed by atoms with Crippen LogP contribution in [0.2, 0.25) is 5.02 Å². The van der Waals surface area contributed by atoms with E-state index in [0.29, 0.717) is 16.7 Å². The number of aromatic nitrogens is 2. The summed E-state index contributed by atoms with van der Waals surface area (Å²) in [6.45, 7) is 1.99. The Kier molecular flexibility index (Phi) is 7.16. The summed E-state index contributed by atoms with van der Waals surface area (Å²) in [5, 5.41) is 4.11. The number of methoxy groups -OCH3 is 3. The number of nitrogens with zero attached hydrogens (tertiary/aromatic N) is 2. The summed E-state index contributed by atoms with van der Waals surface area (Å²) in [5.41, 5.74) is 7.17. The Balaban J connectivity index is 1.66. The maximum absolute atomic E-state index is 6.27. The van der Waals surface area contributed by atoms with Gasteiger partial charge in [-0.15, -0.1) is 0 Å². The summed E-state index contributed by atoms with van der Waals surface area (Å²) in [7, 11) is 7.02. The van der Waals surface area contributed by atoms with E-state index in [0.717, 1.165) is 50.5 Å². The van der Waals surface area contributed by atoms with E-state index in [4.69, 9.17) is 30.8 Å². The highest BCUT2D eigenvalue weighted by atomic mass is 35.5. The number of ether oxygens (including phenoxy) is 3. The molecule has 0 spiro atoms. The van der Waals surface area contributed by atoms with Gasteiger partial charge >= 0.3 is 0 Å². The molecule has 1 N–H and O–H groups in total. The molecule has 38 heavy (non-hydrogen) atoms. The van der Waals surface area contributed by atoms with Gasteiger partial charge in [-0.2, -0.15) is 0 Å². The molecule has 0 saturated heterocycles. The topological polar surface area (TPSA) is 57.5 Å². The number of fused-ring (bicyclic) bond motifs is 1. The van der Waals surface area contributed by atoms with Crippen molar-refractivity contribution in [2.75, 3.05) is 26.6 Å². The molecule has 4 aromatic carbocycles. The molecule has 194 valence electrons. The monoisotopic (exact) mass is 527 g/mol. The molecule has 0 atom stereocenters. The number of imidazole rings is 1. The van der Waals surface area contributed by atoms with Crippen LogP contribution in [0, 0.1) is 6.92 Å². The van der Waals surface area contributed by atoms with Gasteiger partial charge in [0.05, 0.1) is 38.1 Å². The molecule has 1 aromatic heterocycles. The van der Waals surface area contributed by atoms with Gasteiger partial charge in [0.15, 0.2) is 0 Å². The molecule has 1 heterocycles. The zero-order chi connectivity index (χ0) is 26.8. The van der Waals surface area contributed by atoms with Gasteiger partial charge in [-0.1, -0.05) is 48.0 Å². The fraction of sp³-hybridized carbons (Fsp3) is 0.194. The van der Waals surface area contributed by atoms with Crippen molar-refractivity contribution < 1.29 is 14.2 Å². The number of aryl methyl sites for hydroxylation is 2. The highest BCUT2D eigenvalue weighted by Gasteiger charge is 2.23. The van der Waals surface area contributed by atoms with Gasteiger partial charge in [0.1, 0.15) is 17.2 Å². The first-order chi connectivity index (χ1) is 18.4. The van der Waals surface area contributed by atoms with Crippen LogP contribution in [0.3, 0.4) is 0 Å². The predicted molar refractivity (Wildman–Crippen MR) is 154 cm³/mol. The van der Waals surface area contributed by atoms with E-state index >= 15 is 0 Å². The van der Waals surface area contributed by atoms with Crippen molar-refractivity contribution in [2.24, 2.45) is 7.05 Å². The number of hydrogen-bond acceptors (Lipinski definition) is 5. The first-order valence-electron chi connectivity index (χ1n) is 12.3. The van der Waals surface area contributed by atoms with E-state index in [-0.39, 0.29) is 5.92 Å². The quantitative estimate of drug-likeness (QED) is 0.212. The predicted octanol–water partition coefficient (Wildman–Crippen LogP) is 7.48. The SMILES string of the molecule is COc1ccc(C(c2ccc(OC)cc2)c2cccc3nc(Nc4c(C)cc(Cl)cc4OC)n(C)c23)cc1. The standard InChI is InChI=1S/C31H30ClN3O3/c1-19-17-22(32)18-27(38-5)29(19)34-31-33-26-8-6-7-25(30(26)35(31)2)28(20-9-13-23(36-3)14-10-20)21-11-15-24(37-4)16-12-21/h6-18,28H,1-5H3,(H,33,34). The summed E-state index contributed by atoms with van der Waals surface area (Å²) in [6, 6.07) is 26.4. The van der Waals surface area contributed by atoms with Crippen LogP contribution >= 0.6 is 11.6 Å². The van der Waals surface area contributed by atoms with Crippen LogP contribution < -0.4 is 19.5 Å². The van der Waals surface area contributed by atoms with Crippen LogP contribution in [0.25, 0.3) is 11.0 Å². The van der Waals surface area contributed by atoms with Crippen molar-refractivity contribution in [1.82, 2.24) is 9.55 Å². The van der Waals surface area contributed by atoms with Crippen molar-refractivity contribution in [1.29, 1.82) is 0 Å². The molecule has 0 amide bonds. The van der Waals surface area contributed by atoms with Crippen molar-refractivity contribution in [3.63, 3.8) is 0 Å². The van der Waals surface area contributed by atoms with Gasteiger partial charge in [0, 0.05) is 24.1 Å². The number of hydrogen-bond donors (Lipinski definition) is 1. The Morgan fingerprint density at radius 3 is 1.97 bits per heavy atom. The fourth-order valence-corrected chi connectivity index (χ4v) is 5.20. The average molecular weight is 528 g/mol. The molecule has 0 aliphatic heterocycles. The molecule has 7 heteroatoms. The van der Waals surface area contributed by atoms with E-state index in [1.54, 1.807) is 27.4 Å². The molecular formula is C31H30ClN3O3. The third-order valence-electron chi connectivity index (χ3n) is 6.86. The van der Waals surface area contributed by atoms with Crippen molar-refractivity contribution in [2.45, 2.75) is 12.8 Å². The van der Waals surface area contributed by atoms with Crippen LogP contribution in [0.4, 0.5) is 11.6 Å². The van der Waals surface area contributed by atoms with Crippen molar-refractivity contribution >= 4 is 34.3 Å². The minimum Gasteiger partial charge on any atom is -0.497 e. The van der Waals surface area contributed by atoms with Gasteiger partial charge in [-0.3, -0.25) is 0 Å². The molecule has 0 bridgehead atoms. The smallest absolute Gasteiger partial charge is 0.208 e. The average Bonchev–Trinajstić information content (AvgIpc) is 3.26. The zero-order valence-corrected chi connectivity index (χ0v) is 22.8. The van der Waals surface area contributed by atoms with E-state index < -0.39 is 0 Å². The highest BCUT2D eigenvalue weighted by molar-refractivity contribution is 6.31. The molecule has 6 nitrogen and oxygen atoms in total. The minimum absolute atomic E-state index is 0.0365. The largest absolute Gasteiger partial charge is 0.497 e. The zero-order valence-electron chi connectivity index (χ0n) is 22.1. The third-order valence-corrected chi connectivity index (χ3v) is 7.07. The van der Waals surface area contributed by atoms with E-state index in [1.165, 1.54) is 0 Å². The molecule has 0 aliphatic carbocycles. The summed E-state index contributed by atoms with van der Waals surface area (Å²) in [5.74, 6) is 2.97. The third kappa shape index (κ3) is 4.75. The lowest BCUT2D eigenvalue weighted by atomic mass is 9.84. The van der Waals surface area contributed by atoms with Crippen LogP contribution in [-0.2, 0) is 7.05 Å². The Bertz CT molecular complexity index is 1530. The van der Waals surface area contributed by atoms with E-state index in [1.807, 2.05) is 50.4 Å². The van der Waals surface area contributed by atoms with Gasteiger partial charge in [0.2, 0.25) is 5.95 Å². The first-order valence-corrected chi connectivity index (χ1v) is 12.7. The van der Waals surface area contributed by atoms with Crippen LogP contribution in [0.15, 0.2) is 78.9 Å². The molecule has 0 aliphatic rings. The molecular weight excluding hydrogens is 498 g/mol.